The zero-order chi connectivity index (χ0) is 11.5. The van der Waals surface area contributed by atoms with Crippen molar-refractivity contribution >= 4 is 5.91 Å². The molecule has 0 aliphatic heterocycles. The molecule has 0 aromatic rings. The third kappa shape index (κ3) is 8.43. The van der Waals surface area contributed by atoms with Gasteiger partial charge >= 0.3 is 0 Å². The van der Waals surface area contributed by atoms with Gasteiger partial charge < -0.3 is 10.6 Å². The van der Waals surface area contributed by atoms with Crippen LogP contribution in [0.15, 0.2) is 0 Å². The molecule has 0 aliphatic carbocycles. The number of hydrogen-bond donors (Lipinski definition) is 1. The summed E-state index contributed by atoms with van der Waals surface area (Å²) in [7, 11) is 1.90. The third-order valence-electron chi connectivity index (χ3n) is 2.62. The first-order chi connectivity index (χ1) is 7.22. The highest BCUT2D eigenvalue weighted by Crippen LogP contribution is 2.03. The smallest absolute Gasteiger partial charge is 0.222 e. The SMILES string of the molecule is CCCCCN(C)C(=O)CCCCCN. The summed E-state index contributed by atoms with van der Waals surface area (Å²) in [5, 5.41) is 0. The molecule has 15 heavy (non-hydrogen) atoms. The number of nitrogens with zero attached hydrogens (tertiary/aromatic N) is 1. The van der Waals surface area contributed by atoms with Crippen molar-refractivity contribution in [3.63, 3.8) is 0 Å². The van der Waals surface area contributed by atoms with E-state index in [2.05, 4.69) is 6.92 Å². The lowest BCUT2D eigenvalue weighted by molar-refractivity contribution is -0.130. The topological polar surface area (TPSA) is 46.3 Å². The van der Waals surface area contributed by atoms with Crippen molar-refractivity contribution in [3.05, 3.63) is 0 Å². The van der Waals surface area contributed by atoms with Gasteiger partial charge in [0.1, 0.15) is 0 Å². The monoisotopic (exact) mass is 214 g/mol. The maximum absolute atomic E-state index is 11.6. The van der Waals surface area contributed by atoms with E-state index >= 15 is 0 Å². The van der Waals surface area contributed by atoms with Crippen LogP contribution in [0.2, 0.25) is 0 Å². The lowest BCUT2D eigenvalue weighted by Gasteiger charge is -2.16. The Morgan fingerprint density at radius 1 is 1.13 bits per heavy atom. The highest BCUT2D eigenvalue weighted by Gasteiger charge is 2.06. The second kappa shape index (κ2) is 9.97. The molecule has 0 spiro atoms. The highest BCUT2D eigenvalue weighted by atomic mass is 16.2. The first-order valence-corrected chi connectivity index (χ1v) is 6.16. The quantitative estimate of drug-likeness (QED) is 0.598. The summed E-state index contributed by atoms with van der Waals surface area (Å²) in [6.45, 7) is 3.82. The minimum atomic E-state index is 0.281. The molecule has 1 amide bonds. The summed E-state index contributed by atoms with van der Waals surface area (Å²) in [5.41, 5.74) is 5.39. The van der Waals surface area contributed by atoms with Gasteiger partial charge in [0.15, 0.2) is 0 Å². The molecule has 0 bridgehead atoms. The number of nitrogens with two attached hydrogens (primary N) is 1. The van der Waals surface area contributed by atoms with Crippen LogP contribution in [0.5, 0.6) is 0 Å². The lowest BCUT2D eigenvalue weighted by Crippen LogP contribution is -2.27. The average molecular weight is 214 g/mol. The molecule has 0 atom stereocenters. The Balaban J connectivity index is 3.42. The molecule has 2 N–H and O–H groups in total. The fourth-order valence-electron chi connectivity index (χ4n) is 1.51. The Kier molecular flexibility index (Phi) is 9.59. The van der Waals surface area contributed by atoms with Gasteiger partial charge in [-0.25, -0.2) is 0 Å². The van der Waals surface area contributed by atoms with Gasteiger partial charge in [-0.15, -0.1) is 0 Å². The molecule has 0 fully saturated rings. The van der Waals surface area contributed by atoms with E-state index in [-0.39, 0.29) is 5.91 Å². The number of carbonyl (C=O) groups is 1. The van der Waals surface area contributed by atoms with Crippen LogP contribution in [0.3, 0.4) is 0 Å². The van der Waals surface area contributed by atoms with Crippen LogP contribution in [0.1, 0.15) is 51.9 Å². The maximum Gasteiger partial charge on any atom is 0.222 e. The van der Waals surface area contributed by atoms with Gasteiger partial charge in [0.25, 0.3) is 0 Å². The zero-order valence-electron chi connectivity index (χ0n) is 10.3. The highest BCUT2D eigenvalue weighted by molar-refractivity contribution is 5.75. The predicted octanol–water partition coefficient (Wildman–Crippen LogP) is 2.15. The first kappa shape index (κ1) is 14.4. The first-order valence-electron chi connectivity index (χ1n) is 6.16. The van der Waals surface area contributed by atoms with Gasteiger partial charge in [-0.2, -0.15) is 0 Å². The van der Waals surface area contributed by atoms with E-state index in [0.717, 1.165) is 38.8 Å². The minimum Gasteiger partial charge on any atom is -0.346 e. The largest absolute Gasteiger partial charge is 0.346 e. The van der Waals surface area contributed by atoms with Crippen LogP contribution in [-0.4, -0.2) is 30.9 Å². The summed E-state index contributed by atoms with van der Waals surface area (Å²) >= 11 is 0. The lowest BCUT2D eigenvalue weighted by atomic mass is 10.1. The standard InChI is InChI=1S/C12H26N2O/c1-3-4-8-11-14(2)12(15)9-6-5-7-10-13/h3-11,13H2,1-2H3. The molecule has 0 saturated carbocycles. The van der Waals surface area contributed by atoms with Gasteiger partial charge in [-0.05, 0) is 25.8 Å². The van der Waals surface area contributed by atoms with Crippen molar-refractivity contribution in [1.82, 2.24) is 4.90 Å². The van der Waals surface area contributed by atoms with Crippen LogP contribution < -0.4 is 5.73 Å². The molecule has 0 heterocycles. The minimum absolute atomic E-state index is 0.281. The molecular weight excluding hydrogens is 188 g/mol. The van der Waals surface area contributed by atoms with E-state index in [9.17, 15) is 4.79 Å². The molecule has 90 valence electrons. The van der Waals surface area contributed by atoms with Gasteiger partial charge in [-0.3, -0.25) is 4.79 Å². The molecular formula is C12H26N2O. The van der Waals surface area contributed by atoms with Gasteiger partial charge in [0, 0.05) is 20.0 Å². The number of unbranched alkanes of at least 4 members (excludes halogenated alkanes) is 4. The van der Waals surface area contributed by atoms with Gasteiger partial charge in [0.05, 0.1) is 0 Å². The maximum atomic E-state index is 11.6. The molecule has 3 nitrogen and oxygen atoms in total. The van der Waals surface area contributed by atoms with Gasteiger partial charge in [0.2, 0.25) is 5.91 Å². The normalized spacial score (nSPS) is 10.3. The molecule has 0 radical (unpaired) electrons. The fraction of sp³-hybridized carbons (Fsp3) is 0.917. The van der Waals surface area contributed by atoms with Crippen LogP contribution in [0, 0.1) is 0 Å². The Bertz CT molecular complexity index is 160. The van der Waals surface area contributed by atoms with Gasteiger partial charge in [-0.1, -0.05) is 26.2 Å². The number of carbonyl (C=O) groups excluding carboxylic acids is 1. The Labute approximate surface area is 94.0 Å². The second-order valence-corrected chi connectivity index (χ2v) is 4.12. The van der Waals surface area contributed by atoms with E-state index < -0.39 is 0 Å². The Morgan fingerprint density at radius 3 is 2.47 bits per heavy atom. The van der Waals surface area contributed by atoms with Crippen molar-refractivity contribution in [3.8, 4) is 0 Å². The molecule has 0 aromatic carbocycles. The molecule has 0 aliphatic rings. The van der Waals surface area contributed by atoms with Crippen molar-refractivity contribution < 1.29 is 4.79 Å². The van der Waals surface area contributed by atoms with Crippen LogP contribution in [-0.2, 0) is 4.79 Å². The predicted molar refractivity (Wildman–Crippen MR) is 64.7 cm³/mol. The molecule has 0 saturated heterocycles. The number of hydrogen-bond acceptors (Lipinski definition) is 2. The van der Waals surface area contributed by atoms with E-state index in [1.807, 2.05) is 11.9 Å². The van der Waals surface area contributed by atoms with Crippen LogP contribution in [0.25, 0.3) is 0 Å². The summed E-state index contributed by atoms with van der Waals surface area (Å²) in [4.78, 5) is 13.5. The summed E-state index contributed by atoms with van der Waals surface area (Å²) < 4.78 is 0. The van der Waals surface area contributed by atoms with Crippen molar-refractivity contribution in [2.75, 3.05) is 20.1 Å². The van der Waals surface area contributed by atoms with Crippen molar-refractivity contribution in [1.29, 1.82) is 0 Å². The van der Waals surface area contributed by atoms with Crippen molar-refractivity contribution in [2.24, 2.45) is 5.73 Å². The number of amides is 1. The number of rotatable bonds is 9. The molecule has 3 heteroatoms. The fourth-order valence-corrected chi connectivity index (χ4v) is 1.51. The Morgan fingerprint density at radius 2 is 1.87 bits per heavy atom. The van der Waals surface area contributed by atoms with Crippen molar-refractivity contribution in [2.45, 2.75) is 51.9 Å². The average Bonchev–Trinajstić information content (AvgIpc) is 2.24. The van der Waals surface area contributed by atoms with E-state index in [0.29, 0.717) is 6.42 Å². The summed E-state index contributed by atoms with van der Waals surface area (Å²) in [5.74, 6) is 0.281. The second-order valence-electron chi connectivity index (χ2n) is 4.12. The Hall–Kier alpha value is -0.570. The molecule has 0 aromatic heterocycles. The molecule has 0 rings (SSSR count). The van der Waals surface area contributed by atoms with E-state index in [4.69, 9.17) is 5.73 Å². The summed E-state index contributed by atoms with van der Waals surface area (Å²) in [6.07, 6.45) is 7.32. The zero-order valence-corrected chi connectivity index (χ0v) is 10.3. The third-order valence-corrected chi connectivity index (χ3v) is 2.62. The summed E-state index contributed by atoms with van der Waals surface area (Å²) in [6, 6.07) is 0. The molecule has 0 unspecified atom stereocenters. The van der Waals surface area contributed by atoms with Crippen LogP contribution >= 0.6 is 0 Å². The van der Waals surface area contributed by atoms with E-state index in [1.54, 1.807) is 0 Å². The van der Waals surface area contributed by atoms with Crippen LogP contribution in [0.4, 0.5) is 0 Å². The van der Waals surface area contributed by atoms with E-state index in [1.165, 1.54) is 12.8 Å².